The smallest absolute Gasteiger partial charge is 0.407 e. The molecule has 3 atom stereocenters. The highest BCUT2D eigenvalue weighted by atomic mass is 16.6. The second kappa shape index (κ2) is 17.0. The molecule has 0 bridgehead atoms. The molecule has 0 aromatic carbocycles. The number of carbonyl (C=O) groups excluding carboxylic acids is 2. The van der Waals surface area contributed by atoms with Gasteiger partial charge in [0.2, 0.25) is 0 Å². The van der Waals surface area contributed by atoms with Crippen molar-refractivity contribution in [3.63, 3.8) is 0 Å². The van der Waals surface area contributed by atoms with Crippen LogP contribution in [0, 0.1) is 11.8 Å². The first-order valence-electron chi connectivity index (χ1n) is 10.9. The summed E-state index contributed by atoms with van der Waals surface area (Å²) in [5, 5.41) is 22.8. The molecule has 192 valence electrons. The van der Waals surface area contributed by atoms with E-state index in [4.69, 9.17) is 29.2 Å². The van der Waals surface area contributed by atoms with Crippen LogP contribution < -0.4 is 10.6 Å². The second-order valence-corrected chi connectivity index (χ2v) is 8.36. The Morgan fingerprint density at radius 3 is 1.52 bits per heavy atom. The topological polar surface area (TPSA) is 170 Å². The van der Waals surface area contributed by atoms with E-state index in [1.807, 2.05) is 27.7 Å². The maximum absolute atomic E-state index is 11.7. The molecule has 3 unspecified atom stereocenters. The first-order valence-corrected chi connectivity index (χ1v) is 10.9. The second-order valence-electron chi connectivity index (χ2n) is 8.36. The van der Waals surface area contributed by atoms with Gasteiger partial charge in [0.25, 0.3) is 0 Å². The molecule has 0 aliphatic heterocycles. The average Bonchev–Trinajstić information content (AvgIpc) is 2.69. The van der Waals surface area contributed by atoms with Gasteiger partial charge in [0.05, 0.1) is 25.9 Å². The van der Waals surface area contributed by atoms with Gasteiger partial charge in [-0.2, -0.15) is 0 Å². The third-order valence-corrected chi connectivity index (χ3v) is 4.13. The van der Waals surface area contributed by atoms with E-state index in [2.05, 4.69) is 10.6 Å². The Kier molecular flexibility index (Phi) is 15.6. The van der Waals surface area contributed by atoms with Crippen molar-refractivity contribution in [3.05, 3.63) is 0 Å². The molecule has 0 rings (SSSR count). The number of aliphatic carboxylic acids is 2. The van der Waals surface area contributed by atoms with Gasteiger partial charge < -0.3 is 39.8 Å². The van der Waals surface area contributed by atoms with E-state index < -0.39 is 36.2 Å². The molecule has 0 aromatic rings. The van der Waals surface area contributed by atoms with Crippen LogP contribution in [0.3, 0.4) is 0 Å². The van der Waals surface area contributed by atoms with Gasteiger partial charge in [-0.1, -0.05) is 27.7 Å². The zero-order valence-corrected chi connectivity index (χ0v) is 20.0. The van der Waals surface area contributed by atoms with Crippen LogP contribution in [0.15, 0.2) is 0 Å². The van der Waals surface area contributed by atoms with Gasteiger partial charge in [-0.15, -0.1) is 0 Å². The fraction of sp³-hybridized carbons (Fsp3) is 0.810. The van der Waals surface area contributed by atoms with Crippen molar-refractivity contribution in [2.24, 2.45) is 11.8 Å². The van der Waals surface area contributed by atoms with Gasteiger partial charge in [-0.3, -0.25) is 0 Å². The molecule has 2 amide bonds. The summed E-state index contributed by atoms with van der Waals surface area (Å²) in [6.45, 7) is 9.39. The molecular formula is C21H38N2O10. The molecule has 4 N–H and O–H groups in total. The Morgan fingerprint density at radius 1 is 0.697 bits per heavy atom. The number of carboxylic acid groups (broad SMARTS) is 2. The van der Waals surface area contributed by atoms with Gasteiger partial charge in [0.1, 0.15) is 25.3 Å². The van der Waals surface area contributed by atoms with Crippen LogP contribution in [0.4, 0.5) is 9.59 Å². The minimum atomic E-state index is -1.12. The average molecular weight is 479 g/mol. The Morgan fingerprint density at radius 2 is 1.12 bits per heavy atom. The molecule has 0 saturated heterocycles. The van der Waals surface area contributed by atoms with Crippen molar-refractivity contribution in [2.75, 3.05) is 33.0 Å². The van der Waals surface area contributed by atoms with Crippen LogP contribution in [-0.2, 0) is 28.5 Å². The van der Waals surface area contributed by atoms with Crippen molar-refractivity contribution in [1.82, 2.24) is 10.6 Å². The number of hydrogen-bond acceptors (Lipinski definition) is 8. The fourth-order valence-corrected chi connectivity index (χ4v) is 2.63. The molecule has 0 saturated carbocycles. The van der Waals surface area contributed by atoms with Crippen LogP contribution in [0.2, 0.25) is 0 Å². The number of rotatable bonds is 17. The molecule has 12 heteroatoms. The summed E-state index contributed by atoms with van der Waals surface area (Å²) < 4.78 is 20.6. The van der Waals surface area contributed by atoms with Crippen LogP contribution in [-0.4, -0.2) is 85.6 Å². The van der Waals surface area contributed by atoms with Crippen LogP contribution in [0.1, 0.15) is 47.5 Å². The molecule has 33 heavy (non-hydrogen) atoms. The van der Waals surface area contributed by atoms with Crippen molar-refractivity contribution in [3.8, 4) is 0 Å². The van der Waals surface area contributed by atoms with Crippen molar-refractivity contribution in [2.45, 2.75) is 65.6 Å². The fourth-order valence-electron chi connectivity index (χ4n) is 2.63. The van der Waals surface area contributed by atoms with E-state index in [-0.39, 0.29) is 51.0 Å². The van der Waals surface area contributed by atoms with Crippen molar-refractivity contribution >= 4 is 24.1 Å². The Balaban J connectivity index is 3.91. The van der Waals surface area contributed by atoms with Gasteiger partial charge in [0.15, 0.2) is 0 Å². The Hall–Kier alpha value is -2.60. The normalized spacial score (nSPS) is 13.8. The third-order valence-electron chi connectivity index (χ3n) is 4.13. The number of carboxylic acids is 2. The lowest BCUT2D eigenvalue weighted by Gasteiger charge is -2.17. The zero-order valence-electron chi connectivity index (χ0n) is 20.0. The molecular weight excluding hydrogens is 440 g/mol. The number of alkyl carbamates (subject to hydrolysis) is 2. The van der Waals surface area contributed by atoms with E-state index in [9.17, 15) is 19.2 Å². The highest BCUT2D eigenvalue weighted by molar-refractivity contribution is 5.80. The molecule has 12 nitrogen and oxygen atoms in total. The largest absolute Gasteiger partial charge is 0.480 e. The summed E-state index contributed by atoms with van der Waals surface area (Å²) in [5.41, 5.74) is 0. The number of carbonyl (C=O) groups is 4. The molecule has 0 aliphatic rings. The first-order chi connectivity index (χ1) is 15.4. The monoisotopic (exact) mass is 478 g/mol. The molecule has 0 aliphatic carbocycles. The van der Waals surface area contributed by atoms with Gasteiger partial charge in [-0.25, -0.2) is 19.2 Å². The lowest BCUT2D eigenvalue weighted by Crippen LogP contribution is -2.42. The quantitative estimate of drug-likeness (QED) is 0.226. The summed E-state index contributed by atoms with van der Waals surface area (Å²) >= 11 is 0. The molecule has 0 heterocycles. The van der Waals surface area contributed by atoms with Crippen molar-refractivity contribution < 1.29 is 48.3 Å². The van der Waals surface area contributed by atoms with E-state index in [0.29, 0.717) is 12.8 Å². The lowest BCUT2D eigenvalue weighted by molar-refractivity contribution is -0.140. The Labute approximate surface area is 194 Å². The predicted octanol–water partition coefficient (Wildman–Crippen LogP) is 1.86. The van der Waals surface area contributed by atoms with Crippen LogP contribution in [0.25, 0.3) is 0 Å². The minimum Gasteiger partial charge on any atom is -0.480 e. The Bertz CT molecular complexity index is 612. The molecule has 0 spiro atoms. The van der Waals surface area contributed by atoms with Gasteiger partial charge in [0, 0.05) is 0 Å². The summed E-state index contributed by atoms with van der Waals surface area (Å²) in [6, 6.07) is -2.03. The highest BCUT2D eigenvalue weighted by Crippen LogP contribution is 2.06. The number of nitrogens with one attached hydrogen (secondary N) is 2. The van der Waals surface area contributed by atoms with Gasteiger partial charge >= 0.3 is 24.1 Å². The summed E-state index contributed by atoms with van der Waals surface area (Å²) in [5.74, 6) is -2.05. The molecule has 0 radical (unpaired) electrons. The summed E-state index contributed by atoms with van der Waals surface area (Å²) in [4.78, 5) is 45.6. The summed E-state index contributed by atoms with van der Waals surface area (Å²) in [7, 11) is 0. The minimum absolute atomic E-state index is 0.0586. The number of ether oxygens (including phenoxy) is 4. The lowest BCUT2D eigenvalue weighted by atomic mass is 10.0. The van der Waals surface area contributed by atoms with E-state index in [1.54, 1.807) is 6.92 Å². The third kappa shape index (κ3) is 16.7. The van der Waals surface area contributed by atoms with Crippen LogP contribution >= 0.6 is 0 Å². The standard InChI is InChI=1S/C21H38N2O10/c1-13(2)10-16(18(24)25)22-20(28)32-7-6-30-12-15(5)31-8-9-33-21(29)23-17(19(26)27)11-14(3)4/h13-17H,6-12H2,1-5H3,(H,22,28)(H,23,29)(H,24,25)(H,26,27). The first kappa shape index (κ1) is 30.4. The highest BCUT2D eigenvalue weighted by Gasteiger charge is 2.22. The SMILES string of the molecule is CC(C)CC(NC(=O)OCCOCC(C)OCCOC(=O)NC(CC(C)C)C(=O)O)C(=O)O. The summed E-state index contributed by atoms with van der Waals surface area (Å²) in [6.07, 6.45) is -1.41. The van der Waals surface area contributed by atoms with E-state index in [1.165, 1.54) is 0 Å². The molecule has 0 aromatic heterocycles. The molecule has 0 fully saturated rings. The van der Waals surface area contributed by atoms with Gasteiger partial charge in [-0.05, 0) is 31.6 Å². The van der Waals surface area contributed by atoms with E-state index >= 15 is 0 Å². The number of amides is 2. The van der Waals surface area contributed by atoms with Crippen LogP contribution in [0.5, 0.6) is 0 Å². The zero-order chi connectivity index (χ0) is 25.4. The number of hydrogen-bond donors (Lipinski definition) is 4. The maximum Gasteiger partial charge on any atom is 0.407 e. The van der Waals surface area contributed by atoms with Crippen molar-refractivity contribution in [1.29, 1.82) is 0 Å². The maximum atomic E-state index is 11.7. The van der Waals surface area contributed by atoms with E-state index in [0.717, 1.165) is 0 Å². The predicted molar refractivity (Wildman–Crippen MR) is 117 cm³/mol.